The zero-order valence-corrected chi connectivity index (χ0v) is 12.0. The molecule has 0 aliphatic rings. The molecule has 0 heterocycles. The summed E-state index contributed by atoms with van der Waals surface area (Å²) in [6, 6.07) is 17.1. The molecule has 2 N–H and O–H groups in total. The van der Waals surface area contributed by atoms with Crippen LogP contribution in [-0.4, -0.2) is 5.54 Å². The zero-order chi connectivity index (χ0) is 14.4. The van der Waals surface area contributed by atoms with Gasteiger partial charge in [0.25, 0.3) is 0 Å². The fourth-order valence-electron chi connectivity index (χ4n) is 2.50. The lowest BCUT2D eigenvalue weighted by atomic mass is 9.88. The standard InChI is InChI=1S/C18H22FN/c1-18(20,14-16-9-11-17(19)12-10-16)13-5-8-15-6-3-2-4-7-15/h2-4,6-7,9-12H,5,8,13-14,20H2,1H3. The van der Waals surface area contributed by atoms with Crippen molar-refractivity contribution in [1.29, 1.82) is 0 Å². The average Bonchev–Trinajstić information content (AvgIpc) is 2.42. The lowest BCUT2D eigenvalue weighted by Crippen LogP contribution is -2.38. The van der Waals surface area contributed by atoms with Crippen LogP contribution < -0.4 is 5.73 Å². The van der Waals surface area contributed by atoms with Crippen LogP contribution in [0, 0.1) is 5.82 Å². The van der Waals surface area contributed by atoms with E-state index in [1.807, 2.05) is 18.2 Å². The fraction of sp³-hybridized carbons (Fsp3) is 0.333. The van der Waals surface area contributed by atoms with Crippen molar-refractivity contribution in [3.63, 3.8) is 0 Å². The molecule has 0 bridgehead atoms. The summed E-state index contributed by atoms with van der Waals surface area (Å²) in [5, 5.41) is 0. The molecule has 1 atom stereocenters. The molecule has 0 aliphatic heterocycles. The molecule has 20 heavy (non-hydrogen) atoms. The van der Waals surface area contributed by atoms with Crippen molar-refractivity contribution in [3.05, 3.63) is 71.5 Å². The molecular formula is C18H22FN. The molecule has 2 aromatic rings. The van der Waals surface area contributed by atoms with Gasteiger partial charge in [-0.3, -0.25) is 0 Å². The first-order valence-electron chi connectivity index (χ1n) is 7.12. The molecule has 0 saturated heterocycles. The lowest BCUT2D eigenvalue weighted by molar-refractivity contribution is 0.416. The number of rotatable bonds is 6. The van der Waals surface area contributed by atoms with E-state index in [4.69, 9.17) is 5.73 Å². The van der Waals surface area contributed by atoms with E-state index in [1.165, 1.54) is 17.7 Å². The van der Waals surface area contributed by atoms with Crippen molar-refractivity contribution in [2.75, 3.05) is 0 Å². The van der Waals surface area contributed by atoms with Crippen LogP contribution in [0.5, 0.6) is 0 Å². The Balaban J connectivity index is 1.83. The maximum absolute atomic E-state index is 12.9. The third-order valence-corrected chi connectivity index (χ3v) is 3.58. The summed E-state index contributed by atoms with van der Waals surface area (Å²) in [7, 11) is 0. The summed E-state index contributed by atoms with van der Waals surface area (Å²) in [6.07, 6.45) is 3.86. The predicted molar refractivity (Wildman–Crippen MR) is 82.1 cm³/mol. The molecule has 0 aliphatic carbocycles. The van der Waals surface area contributed by atoms with Crippen LogP contribution in [0.25, 0.3) is 0 Å². The smallest absolute Gasteiger partial charge is 0.123 e. The highest BCUT2D eigenvalue weighted by molar-refractivity contribution is 5.19. The maximum atomic E-state index is 12.9. The molecule has 0 radical (unpaired) electrons. The molecule has 0 spiro atoms. The second kappa shape index (κ2) is 6.67. The summed E-state index contributed by atoms with van der Waals surface area (Å²) in [6.45, 7) is 2.07. The van der Waals surface area contributed by atoms with Gasteiger partial charge in [-0.15, -0.1) is 0 Å². The van der Waals surface area contributed by atoms with Gasteiger partial charge >= 0.3 is 0 Å². The maximum Gasteiger partial charge on any atom is 0.123 e. The molecule has 0 aromatic heterocycles. The Morgan fingerprint density at radius 1 is 0.950 bits per heavy atom. The first-order valence-corrected chi connectivity index (χ1v) is 7.12. The largest absolute Gasteiger partial charge is 0.325 e. The van der Waals surface area contributed by atoms with Gasteiger partial charge in [0.05, 0.1) is 0 Å². The second-order valence-corrected chi connectivity index (χ2v) is 5.80. The normalized spacial score (nSPS) is 13.9. The van der Waals surface area contributed by atoms with Crippen LogP contribution in [0.1, 0.15) is 30.9 Å². The van der Waals surface area contributed by atoms with Gasteiger partial charge in [-0.25, -0.2) is 4.39 Å². The Labute approximate surface area is 120 Å². The van der Waals surface area contributed by atoms with Crippen molar-refractivity contribution in [2.45, 2.75) is 38.1 Å². The highest BCUT2D eigenvalue weighted by Gasteiger charge is 2.18. The van der Waals surface area contributed by atoms with E-state index in [-0.39, 0.29) is 11.4 Å². The van der Waals surface area contributed by atoms with Crippen LogP contribution in [0.2, 0.25) is 0 Å². The van der Waals surface area contributed by atoms with E-state index in [9.17, 15) is 4.39 Å². The quantitative estimate of drug-likeness (QED) is 0.840. The Hall–Kier alpha value is -1.67. The minimum absolute atomic E-state index is 0.198. The lowest BCUT2D eigenvalue weighted by Gasteiger charge is -2.25. The molecule has 1 nitrogen and oxygen atoms in total. The van der Waals surface area contributed by atoms with Gasteiger partial charge in [-0.2, -0.15) is 0 Å². The van der Waals surface area contributed by atoms with Crippen LogP contribution in [-0.2, 0) is 12.8 Å². The molecular weight excluding hydrogens is 249 g/mol. The third kappa shape index (κ3) is 4.78. The first kappa shape index (κ1) is 14.7. The monoisotopic (exact) mass is 271 g/mol. The van der Waals surface area contributed by atoms with Crippen molar-refractivity contribution >= 4 is 0 Å². The number of benzene rings is 2. The highest BCUT2D eigenvalue weighted by atomic mass is 19.1. The van der Waals surface area contributed by atoms with Gasteiger partial charge in [-0.05, 0) is 55.9 Å². The molecule has 2 rings (SSSR count). The van der Waals surface area contributed by atoms with E-state index >= 15 is 0 Å². The topological polar surface area (TPSA) is 26.0 Å². The minimum atomic E-state index is -0.243. The number of nitrogens with two attached hydrogens (primary N) is 1. The van der Waals surface area contributed by atoms with E-state index < -0.39 is 0 Å². The number of hydrogen-bond acceptors (Lipinski definition) is 1. The van der Waals surface area contributed by atoms with E-state index in [1.54, 1.807) is 0 Å². The molecule has 0 saturated carbocycles. The highest BCUT2D eigenvalue weighted by Crippen LogP contribution is 2.18. The molecule has 2 heteroatoms. The predicted octanol–water partition coefficient (Wildman–Crippen LogP) is 4.11. The minimum Gasteiger partial charge on any atom is -0.325 e. The molecule has 0 fully saturated rings. The summed E-state index contributed by atoms with van der Waals surface area (Å²) in [5.41, 5.74) is 8.56. The van der Waals surface area contributed by atoms with Crippen LogP contribution in [0.15, 0.2) is 54.6 Å². The average molecular weight is 271 g/mol. The van der Waals surface area contributed by atoms with Gasteiger partial charge in [0, 0.05) is 5.54 Å². The summed E-state index contributed by atoms with van der Waals surface area (Å²) < 4.78 is 12.9. The number of hydrogen-bond donors (Lipinski definition) is 1. The number of aryl methyl sites for hydroxylation is 1. The van der Waals surface area contributed by atoms with Crippen molar-refractivity contribution in [2.24, 2.45) is 5.73 Å². The Morgan fingerprint density at radius 2 is 1.60 bits per heavy atom. The number of halogens is 1. The zero-order valence-electron chi connectivity index (χ0n) is 12.0. The molecule has 2 aromatic carbocycles. The third-order valence-electron chi connectivity index (χ3n) is 3.58. The first-order chi connectivity index (χ1) is 9.55. The Morgan fingerprint density at radius 3 is 2.25 bits per heavy atom. The molecule has 106 valence electrons. The SMILES string of the molecule is CC(N)(CCCc1ccccc1)Cc1ccc(F)cc1. The van der Waals surface area contributed by atoms with Gasteiger partial charge < -0.3 is 5.73 Å². The van der Waals surface area contributed by atoms with E-state index in [2.05, 4.69) is 31.2 Å². The van der Waals surface area contributed by atoms with Crippen LogP contribution >= 0.6 is 0 Å². The van der Waals surface area contributed by atoms with Crippen molar-refractivity contribution < 1.29 is 4.39 Å². The van der Waals surface area contributed by atoms with E-state index in [0.717, 1.165) is 31.2 Å². The fourth-order valence-corrected chi connectivity index (χ4v) is 2.50. The van der Waals surface area contributed by atoms with Crippen LogP contribution in [0.4, 0.5) is 4.39 Å². The Kier molecular flexibility index (Phi) is 4.91. The second-order valence-electron chi connectivity index (χ2n) is 5.80. The van der Waals surface area contributed by atoms with Crippen LogP contribution in [0.3, 0.4) is 0 Å². The van der Waals surface area contributed by atoms with E-state index in [0.29, 0.717) is 0 Å². The molecule has 0 amide bonds. The van der Waals surface area contributed by atoms with Gasteiger partial charge in [0.2, 0.25) is 0 Å². The van der Waals surface area contributed by atoms with Gasteiger partial charge in [0.1, 0.15) is 5.82 Å². The summed E-state index contributed by atoms with van der Waals surface area (Å²) in [4.78, 5) is 0. The summed E-state index contributed by atoms with van der Waals surface area (Å²) >= 11 is 0. The summed E-state index contributed by atoms with van der Waals surface area (Å²) in [5.74, 6) is -0.198. The Bertz CT molecular complexity index is 517. The van der Waals surface area contributed by atoms with Gasteiger partial charge in [-0.1, -0.05) is 42.5 Å². The van der Waals surface area contributed by atoms with Gasteiger partial charge in [0.15, 0.2) is 0 Å². The molecule has 1 unspecified atom stereocenters. The van der Waals surface area contributed by atoms with Crippen molar-refractivity contribution in [3.8, 4) is 0 Å². The van der Waals surface area contributed by atoms with Crippen molar-refractivity contribution in [1.82, 2.24) is 0 Å².